The van der Waals surface area contributed by atoms with Gasteiger partial charge in [-0.2, -0.15) is 23.5 Å². The average molecular weight is 379 g/mol. The first-order valence-corrected chi connectivity index (χ1v) is 7.96. The minimum Gasteiger partial charge on any atom is -0.344 e. The fourth-order valence-electron chi connectivity index (χ4n) is 2.29. The summed E-state index contributed by atoms with van der Waals surface area (Å²) in [6.07, 6.45) is -3.04. The molecule has 1 unspecified atom stereocenters. The highest BCUT2D eigenvalue weighted by Crippen LogP contribution is 2.30. The molecular formula is C17H16F3N5O2. The number of hydrogen-bond donors (Lipinski definition) is 2. The predicted molar refractivity (Wildman–Crippen MR) is 89.6 cm³/mol. The molecule has 142 valence electrons. The van der Waals surface area contributed by atoms with Crippen LogP contribution in [0.25, 0.3) is 5.69 Å². The molecule has 0 fully saturated rings. The summed E-state index contributed by atoms with van der Waals surface area (Å²) in [6, 6.07) is 7.78. The molecule has 0 aliphatic carbocycles. The standard InChI is InChI=1S/C17H16F3N5O2/c1-2-11(6-8-21)23-15(26)16(27)24-12-4-3-5-13(10-12)25-14(7-9-22-25)17(18,19)20/h3-5,7,9-11H,2,6H2,1H3,(H,23,26)(H,24,27). The maximum Gasteiger partial charge on any atom is 0.433 e. The van der Waals surface area contributed by atoms with Gasteiger partial charge in [-0.3, -0.25) is 9.59 Å². The Morgan fingerprint density at radius 1 is 1.30 bits per heavy atom. The molecule has 1 aromatic heterocycles. The lowest BCUT2D eigenvalue weighted by Crippen LogP contribution is -2.41. The highest BCUT2D eigenvalue weighted by Gasteiger charge is 2.35. The van der Waals surface area contributed by atoms with Crippen LogP contribution in [0, 0.1) is 11.3 Å². The van der Waals surface area contributed by atoms with Crippen LogP contribution in [0.2, 0.25) is 0 Å². The Morgan fingerprint density at radius 2 is 2.04 bits per heavy atom. The summed E-state index contributed by atoms with van der Waals surface area (Å²) in [5, 5.41) is 17.1. The normalized spacial score (nSPS) is 12.1. The Hall–Kier alpha value is -3.35. The van der Waals surface area contributed by atoms with E-state index in [2.05, 4.69) is 15.7 Å². The molecule has 0 saturated heterocycles. The van der Waals surface area contributed by atoms with Crippen LogP contribution in [0.4, 0.5) is 18.9 Å². The minimum atomic E-state index is -4.59. The van der Waals surface area contributed by atoms with Crippen LogP contribution < -0.4 is 10.6 Å². The number of aromatic nitrogens is 2. The van der Waals surface area contributed by atoms with E-state index >= 15 is 0 Å². The summed E-state index contributed by atoms with van der Waals surface area (Å²) < 4.78 is 39.7. The van der Waals surface area contributed by atoms with E-state index in [0.717, 1.165) is 12.3 Å². The number of benzene rings is 1. The SMILES string of the molecule is CCC(CC#N)NC(=O)C(=O)Nc1cccc(-n2nccc2C(F)(F)F)c1. The second-order valence-electron chi connectivity index (χ2n) is 5.57. The quantitative estimate of drug-likeness (QED) is 0.780. The lowest BCUT2D eigenvalue weighted by molar-refractivity contribution is -0.142. The van der Waals surface area contributed by atoms with Crippen molar-refractivity contribution in [3.05, 3.63) is 42.2 Å². The van der Waals surface area contributed by atoms with Crippen LogP contribution in [0.5, 0.6) is 0 Å². The molecule has 1 heterocycles. The molecule has 0 bridgehead atoms. The number of rotatable bonds is 5. The first-order valence-electron chi connectivity index (χ1n) is 7.96. The Labute approximate surface area is 152 Å². The molecule has 0 saturated carbocycles. The molecule has 0 spiro atoms. The van der Waals surface area contributed by atoms with Gasteiger partial charge in [0, 0.05) is 11.7 Å². The smallest absolute Gasteiger partial charge is 0.344 e. The van der Waals surface area contributed by atoms with Crippen molar-refractivity contribution in [1.29, 1.82) is 5.26 Å². The van der Waals surface area contributed by atoms with Gasteiger partial charge in [-0.1, -0.05) is 13.0 Å². The van der Waals surface area contributed by atoms with E-state index in [-0.39, 0.29) is 17.8 Å². The topological polar surface area (TPSA) is 99.8 Å². The molecule has 1 aromatic carbocycles. The van der Waals surface area contributed by atoms with Gasteiger partial charge in [0.1, 0.15) is 5.69 Å². The summed E-state index contributed by atoms with van der Waals surface area (Å²) in [6.45, 7) is 1.76. The fraction of sp³-hybridized carbons (Fsp3) is 0.294. The van der Waals surface area contributed by atoms with Crippen LogP contribution in [-0.2, 0) is 15.8 Å². The van der Waals surface area contributed by atoms with Gasteiger partial charge in [0.05, 0.1) is 24.4 Å². The maximum atomic E-state index is 13.0. The second-order valence-corrected chi connectivity index (χ2v) is 5.57. The van der Waals surface area contributed by atoms with Crippen LogP contribution >= 0.6 is 0 Å². The summed E-state index contributed by atoms with van der Waals surface area (Å²) in [5.41, 5.74) is -0.767. The van der Waals surface area contributed by atoms with Crippen molar-refractivity contribution in [2.24, 2.45) is 0 Å². The zero-order valence-corrected chi connectivity index (χ0v) is 14.2. The monoisotopic (exact) mass is 379 g/mol. The molecule has 2 amide bonds. The third-order valence-corrected chi connectivity index (χ3v) is 3.65. The van der Waals surface area contributed by atoms with Gasteiger partial charge in [-0.05, 0) is 30.7 Å². The van der Waals surface area contributed by atoms with Crippen molar-refractivity contribution in [2.75, 3.05) is 5.32 Å². The Kier molecular flexibility index (Phi) is 6.18. The van der Waals surface area contributed by atoms with Crippen LogP contribution in [0.1, 0.15) is 25.5 Å². The van der Waals surface area contributed by atoms with E-state index in [4.69, 9.17) is 5.26 Å². The number of nitrogens with one attached hydrogen (secondary N) is 2. The first-order chi connectivity index (χ1) is 12.8. The number of halogens is 3. The number of carbonyl (C=O) groups is 2. The van der Waals surface area contributed by atoms with E-state index in [9.17, 15) is 22.8 Å². The van der Waals surface area contributed by atoms with Crippen LogP contribution in [-0.4, -0.2) is 27.6 Å². The third kappa shape index (κ3) is 5.07. The summed E-state index contributed by atoms with van der Waals surface area (Å²) in [7, 11) is 0. The average Bonchev–Trinajstić information content (AvgIpc) is 3.11. The number of nitrogens with zero attached hydrogens (tertiary/aromatic N) is 3. The van der Waals surface area contributed by atoms with E-state index in [1.165, 1.54) is 24.3 Å². The Morgan fingerprint density at radius 3 is 2.67 bits per heavy atom. The van der Waals surface area contributed by atoms with Gasteiger partial charge in [-0.15, -0.1) is 0 Å². The Balaban J connectivity index is 2.15. The van der Waals surface area contributed by atoms with E-state index in [1.807, 2.05) is 6.07 Å². The number of hydrogen-bond acceptors (Lipinski definition) is 4. The molecule has 7 nitrogen and oxygen atoms in total. The predicted octanol–water partition coefficient (Wildman–Crippen LogP) is 2.64. The first kappa shape index (κ1) is 20.0. The highest BCUT2D eigenvalue weighted by atomic mass is 19.4. The lowest BCUT2D eigenvalue weighted by atomic mass is 10.1. The van der Waals surface area contributed by atoms with Crippen molar-refractivity contribution >= 4 is 17.5 Å². The number of carbonyl (C=O) groups excluding carboxylic acids is 2. The van der Waals surface area contributed by atoms with Gasteiger partial charge >= 0.3 is 18.0 Å². The van der Waals surface area contributed by atoms with Gasteiger partial charge in [0.25, 0.3) is 0 Å². The molecular weight excluding hydrogens is 363 g/mol. The van der Waals surface area contributed by atoms with E-state index in [0.29, 0.717) is 11.1 Å². The molecule has 2 aromatic rings. The third-order valence-electron chi connectivity index (χ3n) is 3.65. The van der Waals surface area contributed by atoms with Gasteiger partial charge in [-0.25, -0.2) is 4.68 Å². The largest absolute Gasteiger partial charge is 0.433 e. The van der Waals surface area contributed by atoms with Crippen molar-refractivity contribution in [1.82, 2.24) is 15.1 Å². The van der Waals surface area contributed by atoms with Crippen LogP contribution in [0.15, 0.2) is 36.5 Å². The molecule has 0 radical (unpaired) electrons. The second kappa shape index (κ2) is 8.35. The van der Waals surface area contributed by atoms with Crippen LogP contribution in [0.3, 0.4) is 0 Å². The lowest BCUT2D eigenvalue weighted by Gasteiger charge is -2.14. The van der Waals surface area contributed by atoms with Gasteiger partial charge < -0.3 is 10.6 Å². The van der Waals surface area contributed by atoms with Crippen molar-refractivity contribution in [3.63, 3.8) is 0 Å². The zero-order chi connectivity index (χ0) is 20.0. The molecule has 0 aliphatic rings. The van der Waals surface area contributed by atoms with Crippen molar-refractivity contribution in [3.8, 4) is 11.8 Å². The molecule has 0 aliphatic heterocycles. The Bertz CT molecular complexity index is 870. The number of nitriles is 1. The maximum absolute atomic E-state index is 13.0. The van der Waals surface area contributed by atoms with E-state index < -0.39 is 29.7 Å². The fourth-order valence-corrected chi connectivity index (χ4v) is 2.29. The highest BCUT2D eigenvalue weighted by molar-refractivity contribution is 6.39. The number of amides is 2. The van der Waals surface area contributed by atoms with E-state index in [1.54, 1.807) is 6.92 Å². The zero-order valence-electron chi connectivity index (χ0n) is 14.2. The molecule has 2 N–H and O–H groups in total. The summed E-state index contributed by atoms with van der Waals surface area (Å²) in [4.78, 5) is 23.9. The molecule has 10 heteroatoms. The van der Waals surface area contributed by atoms with Crippen molar-refractivity contribution < 1.29 is 22.8 Å². The molecule has 2 rings (SSSR count). The minimum absolute atomic E-state index is 0.0600. The molecule has 1 atom stereocenters. The van der Waals surface area contributed by atoms with Crippen molar-refractivity contribution in [2.45, 2.75) is 32.0 Å². The summed E-state index contributed by atoms with van der Waals surface area (Å²) in [5.74, 6) is -1.92. The van der Waals surface area contributed by atoms with Gasteiger partial charge in [0.15, 0.2) is 0 Å². The summed E-state index contributed by atoms with van der Waals surface area (Å²) >= 11 is 0. The molecule has 27 heavy (non-hydrogen) atoms. The number of anilines is 1. The van der Waals surface area contributed by atoms with Gasteiger partial charge in [0.2, 0.25) is 0 Å². The number of alkyl halides is 3.